The summed E-state index contributed by atoms with van der Waals surface area (Å²) in [5.74, 6) is -0.715. The number of ether oxygens (including phenoxy) is 4. The normalized spacial score (nSPS) is 35.1. The average Bonchev–Trinajstić information content (AvgIpc) is 2.57. The molecule has 2 saturated heterocycles. The van der Waals surface area contributed by atoms with E-state index in [2.05, 4.69) is 5.32 Å². The van der Waals surface area contributed by atoms with Gasteiger partial charge < -0.3 is 29.4 Å². The van der Waals surface area contributed by atoms with Crippen molar-refractivity contribution < 1.29 is 28.8 Å². The number of nitrogens with one attached hydrogen (secondary N) is 1. The third kappa shape index (κ3) is 4.54. The molecule has 2 fully saturated rings. The third-order valence-electron chi connectivity index (χ3n) is 3.20. The highest BCUT2D eigenvalue weighted by atomic mass is 16.8. The summed E-state index contributed by atoms with van der Waals surface area (Å²) in [6.45, 7) is 9.19. The molecule has 7 heteroatoms. The molecule has 0 bridgehead atoms. The van der Waals surface area contributed by atoms with Gasteiger partial charge in [0.25, 0.3) is 0 Å². The van der Waals surface area contributed by atoms with E-state index in [1.807, 2.05) is 13.8 Å². The Morgan fingerprint density at radius 2 is 2.05 bits per heavy atom. The molecule has 2 rings (SSSR count). The summed E-state index contributed by atoms with van der Waals surface area (Å²) in [7, 11) is 0. The number of carbonyl (C=O) groups is 1. The Hall–Kier alpha value is -0.890. The first-order valence-electron chi connectivity index (χ1n) is 7.22. The van der Waals surface area contributed by atoms with E-state index in [0.717, 1.165) is 0 Å². The van der Waals surface area contributed by atoms with Crippen LogP contribution in [0.15, 0.2) is 0 Å². The standard InChI is InChI=1S/C14H25NO6/c1-13(2,3)21-12(17)15-7-9-11-8(6-10(16)18-9)19-14(4,5)20-11/h8-11,16H,6-7H2,1-5H3,(H,15,17). The molecule has 4 unspecified atom stereocenters. The molecular formula is C14H25NO6. The number of amides is 1. The minimum absolute atomic E-state index is 0.187. The molecule has 7 nitrogen and oxygen atoms in total. The van der Waals surface area contributed by atoms with Gasteiger partial charge in [-0.25, -0.2) is 4.79 Å². The molecule has 0 aromatic heterocycles. The van der Waals surface area contributed by atoms with Crippen LogP contribution in [0.25, 0.3) is 0 Å². The quantitative estimate of drug-likeness (QED) is 0.795. The number of aliphatic hydroxyl groups is 1. The van der Waals surface area contributed by atoms with Crippen molar-refractivity contribution in [3.8, 4) is 0 Å². The van der Waals surface area contributed by atoms with Crippen LogP contribution in [0.5, 0.6) is 0 Å². The lowest BCUT2D eigenvalue weighted by molar-refractivity contribution is -0.207. The van der Waals surface area contributed by atoms with Crippen molar-refractivity contribution in [2.75, 3.05) is 6.54 Å². The Kier molecular flexibility index (Phi) is 4.49. The van der Waals surface area contributed by atoms with Crippen molar-refractivity contribution in [2.45, 2.75) is 77.0 Å². The number of aliphatic hydroxyl groups excluding tert-OH is 1. The Morgan fingerprint density at radius 1 is 1.38 bits per heavy atom. The lowest BCUT2D eigenvalue weighted by atomic mass is 10.0. The molecule has 1 amide bonds. The van der Waals surface area contributed by atoms with Crippen molar-refractivity contribution in [2.24, 2.45) is 0 Å². The minimum atomic E-state index is -0.922. The van der Waals surface area contributed by atoms with Crippen molar-refractivity contribution in [1.29, 1.82) is 0 Å². The van der Waals surface area contributed by atoms with Gasteiger partial charge in [0, 0.05) is 13.0 Å². The van der Waals surface area contributed by atoms with Crippen LogP contribution in [0.1, 0.15) is 41.0 Å². The maximum atomic E-state index is 11.7. The van der Waals surface area contributed by atoms with E-state index in [1.165, 1.54) is 0 Å². The first kappa shape index (κ1) is 16.5. The van der Waals surface area contributed by atoms with Crippen molar-refractivity contribution in [3.63, 3.8) is 0 Å². The number of rotatable bonds is 2. The second-order valence-electron chi connectivity index (χ2n) is 6.89. The summed E-state index contributed by atoms with van der Waals surface area (Å²) in [6.07, 6.45) is -2.13. The Labute approximate surface area is 124 Å². The highest BCUT2D eigenvalue weighted by molar-refractivity contribution is 5.67. The van der Waals surface area contributed by atoms with Crippen molar-refractivity contribution in [1.82, 2.24) is 5.32 Å². The molecule has 0 aromatic carbocycles. The van der Waals surface area contributed by atoms with Gasteiger partial charge >= 0.3 is 6.09 Å². The highest BCUT2D eigenvalue weighted by Crippen LogP contribution is 2.36. The molecule has 2 aliphatic heterocycles. The number of hydrogen-bond donors (Lipinski definition) is 2. The third-order valence-corrected chi connectivity index (χ3v) is 3.20. The Bertz CT molecular complexity index is 391. The van der Waals surface area contributed by atoms with Crippen LogP contribution in [-0.2, 0) is 18.9 Å². The molecule has 0 aliphatic carbocycles. The largest absolute Gasteiger partial charge is 0.444 e. The van der Waals surface area contributed by atoms with E-state index in [1.54, 1.807) is 20.8 Å². The van der Waals surface area contributed by atoms with Gasteiger partial charge in [-0.2, -0.15) is 0 Å². The van der Waals surface area contributed by atoms with Crippen LogP contribution in [-0.4, -0.2) is 53.7 Å². The number of carbonyl (C=O) groups excluding carboxylic acids is 1. The molecule has 2 N–H and O–H groups in total. The summed E-state index contributed by atoms with van der Waals surface area (Å²) < 4.78 is 22.2. The van der Waals surface area contributed by atoms with Crippen LogP contribution in [0.4, 0.5) is 4.79 Å². The monoisotopic (exact) mass is 303 g/mol. The fourth-order valence-electron chi connectivity index (χ4n) is 2.56. The molecule has 0 radical (unpaired) electrons. The van der Waals surface area contributed by atoms with Gasteiger partial charge in [-0.1, -0.05) is 0 Å². The Morgan fingerprint density at radius 3 is 2.67 bits per heavy atom. The van der Waals surface area contributed by atoms with Crippen LogP contribution >= 0.6 is 0 Å². The zero-order valence-electron chi connectivity index (χ0n) is 13.2. The molecule has 21 heavy (non-hydrogen) atoms. The van der Waals surface area contributed by atoms with Gasteiger partial charge in [-0.15, -0.1) is 0 Å². The van der Waals surface area contributed by atoms with Crippen LogP contribution < -0.4 is 5.32 Å². The summed E-state index contributed by atoms with van der Waals surface area (Å²) >= 11 is 0. The first-order chi connectivity index (χ1) is 9.56. The minimum Gasteiger partial charge on any atom is -0.444 e. The second-order valence-corrected chi connectivity index (χ2v) is 6.89. The van der Waals surface area contributed by atoms with Crippen LogP contribution in [0.2, 0.25) is 0 Å². The average molecular weight is 303 g/mol. The predicted octanol–water partition coefficient (Wildman–Crippen LogP) is 1.14. The zero-order valence-corrected chi connectivity index (χ0v) is 13.2. The lowest BCUT2D eigenvalue weighted by Crippen LogP contribution is -2.52. The van der Waals surface area contributed by atoms with E-state index in [-0.39, 0.29) is 18.8 Å². The summed E-state index contributed by atoms with van der Waals surface area (Å²) in [6, 6.07) is 0. The molecule has 122 valence electrons. The van der Waals surface area contributed by atoms with Gasteiger partial charge in [0.2, 0.25) is 0 Å². The van der Waals surface area contributed by atoms with Gasteiger partial charge in [-0.3, -0.25) is 0 Å². The van der Waals surface area contributed by atoms with Gasteiger partial charge in [0.05, 0.1) is 6.10 Å². The van der Waals surface area contributed by atoms with E-state index < -0.39 is 29.9 Å². The molecule has 2 heterocycles. The van der Waals surface area contributed by atoms with Crippen LogP contribution in [0, 0.1) is 0 Å². The molecular weight excluding hydrogens is 278 g/mol. The van der Waals surface area contributed by atoms with Gasteiger partial charge in [-0.05, 0) is 34.6 Å². The zero-order chi connectivity index (χ0) is 15.8. The van der Waals surface area contributed by atoms with Crippen LogP contribution in [0.3, 0.4) is 0 Å². The fourth-order valence-corrected chi connectivity index (χ4v) is 2.56. The van der Waals surface area contributed by atoms with E-state index >= 15 is 0 Å². The fraction of sp³-hybridized carbons (Fsp3) is 0.929. The van der Waals surface area contributed by atoms with Crippen molar-refractivity contribution in [3.05, 3.63) is 0 Å². The maximum Gasteiger partial charge on any atom is 0.407 e. The molecule has 0 aromatic rings. The summed E-state index contributed by atoms with van der Waals surface area (Å²) in [5.41, 5.74) is -0.561. The molecule has 0 spiro atoms. The first-order valence-corrected chi connectivity index (χ1v) is 7.22. The topological polar surface area (TPSA) is 86.3 Å². The maximum absolute atomic E-state index is 11.7. The summed E-state index contributed by atoms with van der Waals surface area (Å²) in [4.78, 5) is 11.7. The molecule has 0 saturated carbocycles. The molecule has 2 aliphatic rings. The predicted molar refractivity (Wildman–Crippen MR) is 73.6 cm³/mol. The van der Waals surface area contributed by atoms with E-state index in [9.17, 15) is 9.90 Å². The Balaban J connectivity index is 1.91. The SMILES string of the molecule is CC(C)(C)OC(=O)NCC1OC(O)CC2OC(C)(C)OC12. The number of alkyl carbamates (subject to hydrolysis) is 1. The van der Waals surface area contributed by atoms with E-state index in [0.29, 0.717) is 6.42 Å². The van der Waals surface area contributed by atoms with Gasteiger partial charge in [0.15, 0.2) is 12.1 Å². The lowest BCUT2D eigenvalue weighted by Gasteiger charge is -2.34. The van der Waals surface area contributed by atoms with Gasteiger partial charge in [0.1, 0.15) is 17.8 Å². The number of hydrogen-bond acceptors (Lipinski definition) is 6. The molecule has 4 atom stereocenters. The van der Waals surface area contributed by atoms with E-state index in [4.69, 9.17) is 18.9 Å². The van der Waals surface area contributed by atoms with Crippen molar-refractivity contribution >= 4 is 6.09 Å². The smallest absolute Gasteiger partial charge is 0.407 e. The number of fused-ring (bicyclic) bond motifs is 1. The highest BCUT2D eigenvalue weighted by Gasteiger charge is 2.49. The summed E-state index contributed by atoms with van der Waals surface area (Å²) in [5, 5.41) is 12.4. The second kappa shape index (κ2) is 5.72.